The number of anilines is 1. The van der Waals surface area contributed by atoms with Gasteiger partial charge in [0.1, 0.15) is 29.8 Å². The van der Waals surface area contributed by atoms with E-state index in [4.69, 9.17) is 14.2 Å². The SMILES string of the molecule is CCCNC(=O)[C@H](CC)N(Cc1cccc(OC)c1)C(=O)CN(c1cc(OC)ccc1OC)S(=O)(=O)c1ccc(C)cc1. The van der Waals surface area contributed by atoms with Crippen LogP contribution in [0.5, 0.6) is 17.2 Å². The molecule has 0 aromatic heterocycles. The molecule has 2 amide bonds. The molecule has 232 valence electrons. The third kappa shape index (κ3) is 8.19. The Labute approximate surface area is 254 Å². The highest BCUT2D eigenvalue weighted by Crippen LogP contribution is 2.36. The number of amides is 2. The van der Waals surface area contributed by atoms with Crippen LogP contribution in [-0.4, -0.2) is 65.6 Å². The number of methoxy groups -OCH3 is 3. The molecule has 43 heavy (non-hydrogen) atoms. The van der Waals surface area contributed by atoms with Crippen molar-refractivity contribution in [3.8, 4) is 17.2 Å². The molecule has 10 nitrogen and oxygen atoms in total. The maximum atomic E-state index is 14.3. The Kier molecular flexibility index (Phi) is 11.8. The molecule has 0 spiro atoms. The molecule has 1 atom stereocenters. The second kappa shape index (κ2) is 15.3. The quantitative estimate of drug-likeness (QED) is 0.268. The van der Waals surface area contributed by atoms with E-state index in [0.29, 0.717) is 24.5 Å². The molecule has 0 unspecified atom stereocenters. The lowest BCUT2D eigenvalue weighted by molar-refractivity contribution is -0.140. The lowest BCUT2D eigenvalue weighted by Crippen LogP contribution is -2.52. The molecule has 1 N–H and O–H groups in total. The summed E-state index contributed by atoms with van der Waals surface area (Å²) in [6, 6.07) is 17.4. The fraction of sp³-hybridized carbons (Fsp3) is 0.375. The van der Waals surface area contributed by atoms with Crippen LogP contribution in [0.2, 0.25) is 0 Å². The molecule has 0 heterocycles. The largest absolute Gasteiger partial charge is 0.497 e. The zero-order valence-corrected chi connectivity index (χ0v) is 26.4. The van der Waals surface area contributed by atoms with E-state index in [1.807, 2.05) is 26.8 Å². The third-order valence-corrected chi connectivity index (χ3v) is 8.74. The standard InChI is InChI=1S/C32H41N3O7S/c1-7-18-33-32(37)28(8-2)34(21-24-10-9-11-25(19-24)40-4)31(36)22-35(29-20-26(41-5)14-17-30(29)42-6)43(38,39)27-15-12-23(3)13-16-27/h9-17,19-20,28H,7-8,18,21-22H2,1-6H3,(H,33,37)/t28-/m0/s1. The van der Waals surface area contributed by atoms with Crippen LogP contribution in [0.1, 0.15) is 37.8 Å². The average Bonchev–Trinajstić information content (AvgIpc) is 3.02. The summed E-state index contributed by atoms with van der Waals surface area (Å²) in [4.78, 5) is 29.0. The highest BCUT2D eigenvalue weighted by molar-refractivity contribution is 7.92. The van der Waals surface area contributed by atoms with Crippen molar-refractivity contribution in [3.63, 3.8) is 0 Å². The average molecular weight is 612 g/mol. The first-order chi connectivity index (χ1) is 20.6. The van der Waals surface area contributed by atoms with E-state index in [1.54, 1.807) is 49.6 Å². The summed E-state index contributed by atoms with van der Waals surface area (Å²) in [5, 5.41) is 2.88. The van der Waals surface area contributed by atoms with Crippen molar-refractivity contribution in [1.82, 2.24) is 10.2 Å². The van der Waals surface area contributed by atoms with Crippen LogP contribution < -0.4 is 23.8 Å². The number of hydrogen-bond acceptors (Lipinski definition) is 7. The lowest BCUT2D eigenvalue weighted by Gasteiger charge is -2.33. The molecule has 3 rings (SSSR count). The number of hydrogen-bond donors (Lipinski definition) is 1. The van der Waals surface area contributed by atoms with Gasteiger partial charge in [-0.05, 0) is 61.7 Å². The van der Waals surface area contributed by atoms with E-state index in [9.17, 15) is 18.0 Å². The highest BCUT2D eigenvalue weighted by Gasteiger charge is 2.35. The summed E-state index contributed by atoms with van der Waals surface area (Å²) in [6.45, 7) is 5.52. The van der Waals surface area contributed by atoms with Crippen LogP contribution >= 0.6 is 0 Å². The van der Waals surface area contributed by atoms with E-state index in [1.165, 1.54) is 37.3 Å². The summed E-state index contributed by atoms with van der Waals surface area (Å²) in [6.07, 6.45) is 1.04. The van der Waals surface area contributed by atoms with Crippen LogP contribution in [0, 0.1) is 6.92 Å². The molecule has 0 fully saturated rings. The first-order valence-corrected chi connectivity index (χ1v) is 15.5. The molecule has 0 aliphatic heterocycles. The lowest BCUT2D eigenvalue weighted by atomic mass is 10.1. The molecular weight excluding hydrogens is 570 g/mol. The summed E-state index contributed by atoms with van der Waals surface area (Å²) in [7, 11) is 0.154. The zero-order chi connectivity index (χ0) is 31.6. The topological polar surface area (TPSA) is 114 Å². The van der Waals surface area contributed by atoms with Crippen LogP contribution in [0.4, 0.5) is 5.69 Å². The van der Waals surface area contributed by atoms with E-state index < -0.39 is 28.5 Å². The van der Waals surface area contributed by atoms with Gasteiger partial charge in [-0.25, -0.2) is 8.42 Å². The second-order valence-corrected chi connectivity index (χ2v) is 11.8. The second-order valence-electron chi connectivity index (χ2n) is 9.95. The number of nitrogens with one attached hydrogen (secondary N) is 1. The Balaban J connectivity index is 2.15. The molecule has 0 saturated carbocycles. The van der Waals surface area contributed by atoms with Crippen molar-refractivity contribution in [2.75, 3.05) is 38.7 Å². The minimum atomic E-state index is -4.28. The van der Waals surface area contributed by atoms with Crippen molar-refractivity contribution < 1.29 is 32.2 Å². The molecular formula is C32H41N3O7S. The Bertz CT molecular complexity index is 1490. The maximum Gasteiger partial charge on any atom is 0.264 e. The number of ether oxygens (including phenoxy) is 3. The van der Waals surface area contributed by atoms with Gasteiger partial charge in [0, 0.05) is 19.2 Å². The molecule has 0 aliphatic rings. The number of carbonyl (C=O) groups excluding carboxylic acids is 2. The van der Waals surface area contributed by atoms with Gasteiger partial charge < -0.3 is 24.4 Å². The van der Waals surface area contributed by atoms with Gasteiger partial charge in [-0.15, -0.1) is 0 Å². The van der Waals surface area contributed by atoms with E-state index in [0.717, 1.165) is 21.9 Å². The first-order valence-electron chi connectivity index (χ1n) is 14.1. The number of benzene rings is 3. The summed E-state index contributed by atoms with van der Waals surface area (Å²) in [5.41, 5.74) is 1.73. The smallest absolute Gasteiger partial charge is 0.264 e. The van der Waals surface area contributed by atoms with E-state index in [-0.39, 0.29) is 28.8 Å². The van der Waals surface area contributed by atoms with Gasteiger partial charge in [-0.2, -0.15) is 0 Å². The van der Waals surface area contributed by atoms with Gasteiger partial charge in [0.25, 0.3) is 10.0 Å². The maximum absolute atomic E-state index is 14.3. The van der Waals surface area contributed by atoms with Crippen LogP contribution in [0.15, 0.2) is 71.6 Å². The summed E-state index contributed by atoms with van der Waals surface area (Å²) in [5.74, 6) is 0.329. The highest BCUT2D eigenvalue weighted by atomic mass is 32.2. The molecule has 3 aromatic rings. The normalized spacial score (nSPS) is 11.8. The third-order valence-electron chi connectivity index (χ3n) is 6.96. The molecule has 0 radical (unpaired) electrons. The van der Waals surface area contributed by atoms with Gasteiger partial charge in [0.05, 0.1) is 31.9 Å². The van der Waals surface area contributed by atoms with Crippen LogP contribution in [-0.2, 0) is 26.2 Å². The Morgan fingerprint density at radius 3 is 2.16 bits per heavy atom. The van der Waals surface area contributed by atoms with Crippen LogP contribution in [0.3, 0.4) is 0 Å². The fourth-order valence-corrected chi connectivity index (χ4v) is 6.01. The van der Waals surface area contributed by atoms with Crippen LogP contribution in [0.25, 0.3) is 0 Å². The Morgan fingerprint density at radius 2 is 1.56 bits per heavy atom. The molecule has 11 heteroatoms. The number of aryl methyl sites for hydroxylation is 1. The van der Waals surface area contributed by atoms with Crippen molar-refractivity contribution in [1.29, 1.82) is 0 Å². The van der Waals surface area contributed by atoms with Crippen molar-refractivity contribution in [3.05, 3.63) is 77.9 Å². The van der Waals surface area contributed by atoms with Crippen molar-refractivity contribution in [2.24, 2.45) is 0 Å². The van der Waals surface area contributed by atoms with E-state index >= 15 is 0 Å². The predicted octanol–water partition coefficient (Wildman–Crippen LogP) is 4.55. The van der Waals surface area contributed by atoms with Gasteiger partial charge in [0.15, 0.2) is 0 Å². The molecule has 0 bridgehead atoms. The monoisotopic (exact) mass is 611 g/mol. The molecule has 0 aliphatic carbocycles. The predicted molar refractivity (Wildman–Crippen MR) is 166 cm³/mol. The van der Waals surface area contributed by atoms with Gasteiger partial charge in [-0.3, -0.25) is 13.9 Å². The number of carbonyl (C=O) groups is 2. The van der Waals surface area contributed by atoms with Gasteiger partial charge >= 0.3 is 0 Å². The van der Waals surface area contributed by atoms with Gasteiger partial charge in [0.2, 0.25) is 11.8 Å². The minimum Gasteiger partial charge on any atom is -0.497 e. The first kappa shape index (κ1) is 33.3. The molecule has 0 saturated heterocycles. The van der Waals surface area contributed by atoms with Crippen molar-refractivity contribution >= 4 is 27.5 Å². The molecule has 3 aromatic carbocycles. The number of rotatable bonds is 15. The Hall–Kier alpha value is -4.25. The fourth-order valence-electron chi connectivity index (χ4n) is 4.60. The van der Waals surface area contributed by atoms with Crippen molar-refractivity contribution in [2.45, 2.75) is 51.1 Å². The number of sulfonamides is 1. The summed E-state index contributed by atoms with van der Waals surface area (Å²) >= 11 is 0. The van der Waals surface area contributed by atoms with Gasteiger partial charge in [-0.1, -0.05) is 43.7 Å². The summed E-state index contributed by atoms with van der Waals surface area (Å²) < 4.78 is 45.7. The zero-order valence-electron chi connectivity index (χ0n) is 25.6. The Morgan fingerprint density at radius 1 is 0.884 bits per heavy atom. The minimum absolute atomic E-state index is 0.00264. The van der Waals surface area contributed by atoms with E-state index in [2.05, 4.69) is 5.32 Å². The number of nitrogens with zero attached hydrogens (tertiary/aromatic N) is 2.